The lowest BCUT2D eigenvalue weighted by atomic mass is 9.98. The number of imidazole rings is 1. The van der Waals surface area contributed by atoms with Crippen molar-refractivity contribution in [2.45, 2.75) is 53.1 Å². The third-order valence-electron chi connectivity index (χ3n) is 7.57. The van der Waals surface area contributed by atoms with Crippen LogP contribution in [-0.4, -0.2) is 45.6 Å². The van der Waals surface area contributed by atoms with Gasteiger partial charge in [0.25, 0.3) is 11.5 Å². The quantitative estimate of drug-likeness (QED) is 0.306. The summed E-state index contributed by atoms with van der Waals surface area (Å²) in [6.45, 7) is 8.55. The standard InChI is InChI=1S/C29H30BrN7O2/c1-16(2)8-20-12-33-37-25-14-35(28(38)19-6-7-22(30)17(3)9-19)18(4)10-21(25)29(39)36(27(20)37)26-11-23-24(13-31-26)34(5)15-32-23/h6-7,9,11-13,15-16,18H,8,10,14H2,1-5H3/t18-/m1/s1. The lowest BCUT2D eigenvalue weighted by molar-refractivity contribution is 0.0651. The molecular formula is C29H30BrN7O2. The van der Waals surface area contributed by atoms with Crippen molar-refractivity contribution in [1.82, 2.24) is 33.6 Å². The zero-order valence-electron chi connectivity index (χ0n) is 22.6. The zero-order chi connectivity index (χ0) is 27.6. The monoisotopic (exact) mass is 587 g/mol. The minimum Gasteiger partial charge on any atom is -0.332 e. The van der Waals surface area contributed by atoms with Crippen LogP contribution in [-0.2, 0) is 26.4 Å². The van der Waals surface area contributed by atoms with Crippen molar-refractivity contribution in [3.63, 3.8) is 0 Å². The molecule has 0 bridgehead atoms. The number of benzene rings is 1. The molecule has 200 valence electrons. The van der Waals surface area contributed by atoms with Crippen LogP contribution in [0.15, 0.2) is 52.3 Å². The van der Waals surface area contributed by atoms with Gasteiger partial charge in [-0.1, -0.05) is 29.8 Å². The Morgan fingerprint density at radius 2 is 1.97 bits per heavy atom. The van der Waals surface area contributed by atoms with Gasteiger partial charge in [0.2, 0.25) is 0 Å². The predicted octanol–water partition coefficient (Wildman–Crippen LogP) is 4.62. The Hall–Kier alpha value is -3.79. The van der Waals surface area contributed by atoms with Crippen LogP contribution in [0, 0.1) is 12.8 Å². The first kappa shape index (κ1) is 25.5. The Morgan fingerprint density at radius 1 is 1.18 bits per heavy atom. The molecule has 0 N–H and O–H groups in total. The molecule has 9 nitrogen and oxygen atoms in total. The summed E-state index contributed by atoms with van der Waals surface area (Å²) >= 11 is 3.52. The number of amides is 1. The second-order valence-corrected chi connectivity index (χ2v) is 11.8. The summed E-state index contributed by atoms with van der Waals surface area (Å²) in [5.41, 5.74) is 6.23. The van der Waals surface area contributed by atoms with Crippen molar-refractivity contribution >= 4 is 38.5 Å². The summed E-state index contributed by atoms with van der Waals surface area (Å²) in [6.07, 6.45) is 6.51. The Bertz CT molecular complexity index is 1830. The molecule has 0 fully saturated rings. The van der Waals surface area contributed by atoms with Gasteiger partial charge in [-0.05, 0) is 56.4 Å². The molecule has 1 aliphatic heterocycles. The van der Waals surface area contributed by atoms with Gasteiger partial charge < -0.3 is 9.47 Å². The molecule has 5 heterocycles. The first-order valence-electron chi connectivity index (χ1n) is 13.1. The van der Waals surface area contributed by atoms with Gasteiger partial charge >= 0.3 is 0 Å². The molecule has 39 heavy (non-hydrogen) atoms. The number of aryl methyl sites for hydroxylation is 2. The Morgan fingerprint density at radius 3 is 2.72 bits per heavy atom. The van der Waals surface area contributed by atoms with E-state index in [0.29, 0.717) is 41.5 Å². The summed E-state index contributed by atoms with van der Waals surface area (Å²) in [4.78, 5) is 38.9. The van der Waals surface area contributed by atoms with Gasteiger partial charge in [-0.25, -0.2) is 19.1 Å². The molecule has 5 aromatic rings. The van der Waals surface area contributed by atoms with Crippen LogP contribution >= 0.6 is 15.9 Å². The molecule has 1 atom stereocenters. The summed E-state index contributed by atoms with van der Waals surface area (Å²) in [5, 5.41) is 4.76. The van der Waals surface area contributed by atoms with E-state index in [0.717, 1.165) is 38.7 Å². The molecule has 0 saturated heterocycles. The first-order valence-corrected chi connectivity index (χ1v) is 13.9. The zero-order valence-corrected chi connectivity index (χ0v) is 24.2. The fraction of sp³-hybridized carbons (Fsp3) is 0.345. The van der Waals surface area contributed by atoms with Crippen LogP contribution in [0.5, 0.6) is 0 Å². The number of carbonyl (C=O) groups excluding carboxylic acids is 1. The van der Waals surface area contributed by atoms with E-state index >= 15 is 0 Å². The number of pyridine rings is 1. The van der Waals surface area contributed by atoms with E-state index in [-0.39, 0.29) is 17.5 Å². The molecule has 0 saturated carbocycles. The van der Waals surface area contributed by atoms with Crippen LogP contribution in [0.3, 0.4) is 0 Å². The highest BCUT2D eigenvalue weighted by atomic mass is 79.9. The number of carbonyl (C=O) groups is 1. The highest BCUT2D eigenvalue weighted by Crippen LogP contribution is 2.28. The number of aromatic nitrogens is 6. The van der Waals surface area contributed by atoms with E-state index in [1.165, 1.54) is 0 Å². The highest BCUT2D eigenvalue weighted by molar-refractivity contribution is 9.10. The van der Waals surface area contributed by atoms with E-state index < -0.39 is 0 Å². The van der Waals surface area contributed by atoms with Crippen molar-refractivity contribution in [1.29, 1.82) is 0 Å². The maximum Gasteiger partial charge on any atom is 0.263 e. The normalized spacial score (nSPS) is 15.5. The molecule has 0 aliphatic carbocycles. The van der Waals surface area contributed by atoms with Crippen LogP contribution in [0.2, 0.25) is 0 Å². The van der Waals surface area contributed by atoms with Gasteiger partial charge in [-0.15, -0.1) is 0 Å². The summed E-state index contributed by atoms with van der Waals surface area (Å²) in [7, 11) is 1.92. The number of nitrogens with zero attached hydrogens (tertiary/aromatic N) is 7. The third kappa shape index (κ3) is 4.17. The van der Waals surface area contributed by atoms with Gasteiger partial charge in [-0.2, -0.15) is 5.10 Å². The predicted molar refractivity (Wildman–Crippen MR) is 153 cm³/mol. The summed E-state index contributed by atoms with van der Waals surface area (Å²) < 4.78 is 6.39. The minimum absolute atomic E-state index is 0.0575. The molecule has 1 aliphatic rings. The smallest absolute Gasteiger partial charge is 0.263 e. The van der Waals surface area contributed by atoms with Crippen molar-refractivity contribution in [3.05, 3.63) is 85.8 Å². The number of hydrogen-bond donors (Lipinski definition) is 0. The number of hydrogen-bond acceptors (Lipinski definition) is 5. The molecular weight excluding hydrogens is 558 g/mol. The van der Waals surface area contributed by atoms with Crippen molar-refractivity contribution < 1.29 is 4.79 Å². The van der Waals surface area contributed by atoms with Crippen LogP contribution in [0.1, 0.15) is 53.5 Å². The maximum absolute atomic E-state index is 14.2. The lowest BCUT2D eigenvalue weighted by Crippen LogP contribution is -2.46. The fourth-order valence-electron chi connectivity index (χ4n) is 5.53. The largest absolute Gasteiger partial charge is 0.332 e. The van der Waals surface area contributed by atoms with Gasteiger partial charge in [0.1, 0.15) is 11.5 Å². The average molecular weight is 589 g/mol. The Balaban J connectivity index is 1.53. The first-order chi connectivity index (χ1) is 18.6. The van der Waals surface area contributed by atoms with Crippen LogP contribution in [0.25, 0.3) is 22.5 Å². The van der Waals surface area contributed by atoms with E-state index in [2.05, 4.69) is 39.7 Å². The summed E-state index contributed by atoms with van der Waals surface area (Å²) in [5.74, 6) is 0.821. The minimum atomic E-state index is -0.163. The summed E-state index contributed by atoms with van der Waals surface area (Å²) in [6, 6.07) is 7.33. The van der Waals surface area contributed by atoms with E-state index in [1.54, 1.807) is 17.1 Å². The molecule has 0 spiro atoms. The molecule has 0 unspecified atom stereocenters. The second-order valence-electron chi connectivity index (χ2n) is 10.9. The molecule has 10 heteroatoms. The van der Waals surface area contributed by atoms with E-state index in [9.17, 15) is 9.59 Å². The van der Waals surface area contributed by atoms with Crippen molar-refractivity contribution in [2.75, 3.05) is 0 Å². The molecule has 0 radical (unpaired) electrons. The van der Waals surface area contributed by atoms with E-state index in [4.69, 9.17) is 5.10 Å². The maximum atomic E-state index is 14.2. The second kappa shape index (κ2) is 9.44. The Kier molecular flexibility index (Phi) is 6.17. The lowest BCUT2D eigenvalue weighted by Gasteiger charge is -2.35. The topological polar surface area (TPSA) is 90.3 Å². The fourth-order valence-corrected chi connectivity index (χ4v) is 5.78. The van der Waals surface area contributed by atoms with Gasteiger partial charge in [-0.3, -0.25) is 9.59 Å². The van der Waals surface area contributed by atoms with Crippen LogP contribution < -0.4 is 5.56 Å². The Labute approximate surface area is 234 Å². The highest BCUT2D eigenvalue weighted by Gasteiger charge is 2.33. The van der Waals surface area contributed by atoms with Crippen molar-refractivity contribution in [3.8, 4) is 5.82 Å². The SMILES string of the molecule is Cc1cc(C(=O)N2Cc3c(c(=O)n(-c4cc5ncn(C)c5cn4)c4c(CC(C)C)cnn34)C[C@H]2C)ccc1Br. The number of fused-ring (bicyclic) bond motifs is 4. The van der Waals surface area contributed by atoms with Gasteiger partial charge in [0.05, 0.1) is 42.0 Å². The number of halogens is 1. The molecule has 4 aromatic heterocycles. The average Bonchev–Trinajstić information content (AvgIpc) is 3.48. The molecule has 1 aromatic carbocycles. The molecule has 1 amide bonds. The number of rotatable bonds is 4. The van der Waals surface area contributed by atoms with Crippen LogP contribution in [0.4, 0.5) is 0 Å². The van der Waals surface area contributed by atoms with Gasteiger partial charge in [0, 0.05) is 40.3 Å². The third-order valence-corrected chi connectivity index (χ3v) is 8.46. The van der Waals surface area contributed by atoms with Crippen molar-refractivity contribution in [2.24, 2.45) is 13.0 Å². The van der Waals surface area contributed by atoms with Gasteiger partial charge in [0.15, 0.2) is 0 Å². The van der Waals surface area contributed by atoms with E-state index in [1.807, 2.05) is 65.3 Å². The molecule has 6 rings (SSSR count).